The quantitative estimate of drug-likeness (QED) is 0.915. The number of amides is 1. The van der Waals surface area contributed by atoms with E-state index in [1.165, 1.54) is 0 Å². The van der Waals surface area contributed by atoms with Gasteiger partial charge in [0.25, 0.3) is 0 Å². The maximum absolute atomic E-state index is 12.4. The van der Waals surface area contributed by atoms with Crippen LogP contribution < -0.4 is 5.32 Å². The molecule has 2 aromatic carbocycles. The number of benzene rings is 2. The molecule has 3 nitrogen and oxygen atoms in total. The molecule has 0 unspecified atom stereocenters. The Morgan fingerprint density at radius 1 is 1.15 bits per heavy atom. The Morgan fingerprint density at radius 2 is 1.80 bits per heavy atom. The molecule has 0 radical (unpaired) electrons. The van der Waals surface area contributed by atoms with Crippen molar-refractivity contribution in [2.75, 3.05) is 5.32 Å². The first-order valence-electron chi connectivity index (χ1n) is 6.61. The largest absolute Gasteiger partial charge is 0.324 e. The molecule has 0 aromatic heterocycles. The minimum Gasteiger partial charge on any atom is -0.324 e. The van der Waals surface area contributed by atoms with Crippen LogP contribution in [0.1, 0.15) is 30.4 Å². The smallest absolute Gasteiger partial charge is 0.231 e. The van der Waals surface area contributed by atoms with Crippen molar-refractivity contribution in [1.29, 1.82) is 5.26 Å². The van der Waals surface area contributed by atoms with Gasteiger partial charge in [-0.15, -0.1) is 0 Å². The van der Waals surface area contributed by atoms with Crippen LogP contribution in [0, 0.1) is 11.3 Å². The zero-order chi connectivity index (χ0) is 14.4. The standard InChI is InChI=1S/C17H16N2O/c1-2-15(13-8-4-3-5-9-13)17(20)19-16-11-7-6-10-14(16)12-18/h3-11,15H,2H2,1H3,(H,19,20)/t15-/m0/s1. The van der Waals surface area contributed by atoms with E-state index in [1.807, 2.05) is 37.3 Å². The molecule has 100 valence electrons. The van der Waals surface area contributed by atoms with E-state index in [4.69, 9.17) is 5.26 Å². The maximum atomic E-state index is 12.4. The summed E-state index contributed by atoms with van der Waals surface area (Å²) in [6, 6.07) is 18.8. The highest BCUT2D eigenvalue weighted by Gasteiger charge is 2.19. The first-order valence-corrected chi connectivity index (χ1v) is 6.61. The third kappa shape index (κ3) is 3.04. The Bertz CT molecular complexity index is 629. The van der Waals surface area contributed by atoms with Gasteiger partial charge in [-0.3, -0.25) is 4.79 Å². The molecule has 20 heavy (non-hydrogen) atoms. The van der Waals surface area contributed by atoms with Gasteiger partial charge in [-0.1, -0.05) is 49.4 Å². The SMILES string of the molecule is CC[C@H](C(=O)Nc1ccccc1C#N)c1ccccc1. The van der Waals surface area contributed by atoms with Gasteiger partial charge in [0.1, 0.15) is 6.07 Å². The number of nitriles is 1. The van der Waals surface area contributed by atoms with Gasteiger partial charge < -0.3 is 5.32 Å². The van der Waals surface area contributed by atoms with Crippen LogP contribution in [0.5, 0.6) is 0 Å². The second kappa shape index (κ2) is 6.53. The second-order valence-corrected chi connectivity index (χ2v) is 4.52. The summed E-state index contributed by atoms with van der Waals surface area (Å²) < 4.78 is 0. The number of rotatable bonds is 4. The summed E-state index contributed by atoms with van der Waals surface area (Å²) in [6.07, 6.45) is 0.713. The van der Waals surface area contributed by atoms with E-state index in [9.17, 15) is 4.79 Å². The lowest BCUT2D eigenvalue weighted by atomic mass is 9.95. The zero-order valence-electron chi connectivity index (χ0n) is 11.3. The molecule has 2 aromatic rings. The lowest BCUT2D eigenvalue weighted by molar-refractivity contribution is -0.117. The second-order valence-electron chi connectivity index (χ2n) is 4.52. The zero-order valence-corrected chi connectivity index (χ0v) is 11.3. The average molecular weight is 264 g/mol. The highest BCUT2D eigenvalue weighted by atomic mass is 16.1. The fraction of sp³-hybridized carbons (Fsp3) is 0.176. The third-order valence-electron chi connectivity index (χ3n) is 3.23. The topological polar surface area (TPSA) is 52.9 Å². The molecule has 0 fully saturated rings. The van der Waals surface area contributed by atoms with E-state index in [0.717, 1.165) is 5.56 Å². The van der Waals surface area contributed by atoms with Crippen molar-refractivity contribution < 1.29 is 4.79 Å². The van der Waals surface area contributed by atoms with Crippen molar-refractivity contribution in [3.63, 3.8) is 0 Å². The Labute approximate surface area is 118 Å². The summed E-state index contributed by atoms with van der Waals surface area (Å²) in [5, 5.41) is 11.9. The number of carbonyl (C=O) groups is 1. The van der Waals surface area contributed by atoms with E-state index in [-0.39, 0.29) is 11.8 Å². The minimum absolute atomic E-state index is 0.0820. The highest BCUT2D eigenvalue weighted by molar-refractivity contribution is 5.96. The summed E-state index contributed by atoms with van der Waals surface area (Å²) >= 11 is 0. The summed E-state index contributed by atoms with van der Waals surface area (Å²) in [6.45, 7) is 1.98. The summed E-state index contributed by atoms with van der Waals surface area (Å²) in [5.74, 6) is -0.288. The van der Waals surface area contributed by atoms with Gasteiger partial charge in [-0.2, -0.15) is 5.26 Å². The van der Waals surface area contributed by atoms with Crippen molar-refractivity contribution in [3.8, 4) is 6.07 Å². The Kier molecular flexibility index (Phi) is 4.52. The Hall–Kier alpha value is -2.60. The lowest BCUT2D eigenvalue weighted by Crippen LogP contribution is -2.21. The monoisotopic (exact) mass is 264 g/mol. The molecule has 0 aliphatic rings. The van der Waals surface area contributed by atoms with Crippen molar-refractivity contribution in [2.45, 2.75) is 19.3 Å². The minimum atomic E-state index is -0.206. The fourth-order valence-corrected chi connectivity index (χ4v) is 2.17. The van der Waals surface area contributed by atoms with Gasteiger partial charge in [0.15, 0.2) is 0 Å². The molecule has 0 heterocycles. The predicted octanol–water partition coefficient (Wildman–Crippen LogP) is 3.69. The van der Waals surface area contributed by atoms with Crippen LogP contribution in [0.25, 0.3) is 0 Å². The van der Waals surface area contributed by atoms with Crippen LogP contribution in [0.3, 0.4) is 0 Å². The molecule has 3 heteroatoms. The van der Waals surface area contributed by atoms with Gasteiger partial charge in [-0.25, -0.2) is 0 Å². The number of para-hydroxylation sites is 1. The van der Waals surface area contributed by atoms with Gasteiger partial charge in [0.05, 0.1) is 17.2 Å². The number of carbonyl (C=O) groups excluding carboxylic acids is 1. The molecule has 0 saturated carbocycles. The molecular weight excluding hydrogens is 248 g/mol. The number of nitrogens with one attached hydrogen (secondary N) is 1. The average Bonchev–Trinajstić information content (AvgIpc) is 2.49. The van der Waals surface area contributed by atoms with E-state index >= 15 is 0 Å². The molecule has 0 aliphatic carbocycles. The molecule has 1 N–H and O–H groups in total. The van der Waals surface area contributed by atoms with E-state index < -0.39 is 0 Å². The first-order chi connectivity index (χ1) is 9.76. The number of nitrogens with zero attached hydrogens (tertiary/aromatic N) is 1. The molecule has 1 amide bonds. The van der Waals surface area contributed by atoms with Crippen LogP contribution in [-0.2, 0) is 4.79 Å². The van der Waals surface area contributed by atoms with E-state index in [0.29, 0.717) is 17.7 Å². The predicted molar refractivity (Wildman–Crippen MR) is 79.3 cm³/mol. The van der Waals surface area contributed by atoms with Crippen LogP contribution in [0.15, 0.2) is 54.6 Å². The van der Waals surface area contributed by atoms with Gasteiger partial charge in [-0.05, 0) is 24.1 Å². The van der Waals surface area contributed by atoms with Gasteiger partial charge >= 0.3 is 0 Å². The molecule has 1 atom stereocenters. The molecule has 2 rings (SSSR count). The maximum Gasteiger partial charge on any atom is 0.231 e. The van der Waals surface area contributed by atoms with Crippen LogP contribution in [0.2, 0.25) is 0 Å². The van der Waals surface area contributed by atoms with Crippen molar-refractivity contribution in [3.05, 3.63) is 65.7 Å². The normalized spacial score (nSPS) is 11.4. The fourth-order valence-electron chi connectivity index (χ4n) is 2.17. The number of hydrogen-bond donors (Lipinski definition) is 1. The van der Waals surface area contributed by atoms with Crippen molar-refractivity contribution in [1.82, 2.24) is 0 Å². The molecule has 0 bridgehead atoms. The van der Waals surface area contributed by atoms with Gasteiger partial charge in [0, 0.05) is 0 Å². The lowest BCUT2D eigenvalue weighted by Gasteiger charge is -2.16. The molecule has 0 spiro atoms. The third-order valence-corrected chi connectivity index (χ3v) is 3.23. The Balaban J connectivity index is 2.21. The van der Waals surface area contributed by atoms with Crippen molar-refractivity contribution >= 4 is 11.6 Å². The van der Waals surface area contributed by atoms with E-state index in [2.05, 4.69) is 11.4 Å². The molecule has 0 saturated heterocycles. The van der Waals surface area contributed by atoms with E-state index in [1.54, 1.807) is 24.3 Å². The molecular formula is C17H16N2O. The highest BCUT2D eigenvalue weighted by Crippen LogP contribution is 2.22. The summed E-state index contributed by atoms with van der Waals surface area (Å²) in [7, 11) is 0. The van der Waals surface area contributed by atoms with Crippen LogP contribution in [-0.4, -0.2) is 5.91 Å². The van der Waals surface area contributed by atoms with Gasteiger partial charge in [0.2, 0.25) is 5.91 Å². The van der Waals surface area contributed by atoms with Crippen LogP contribution in [0.4, 0.5) is 5.69 Å². The first kappa shape index (κ1) is 13.8. The van der Waals surface area contributed by atoms with Crippen LogP contribution >= 0.6 is 0 Å². The summed E-state index contributed by atoms with van der Waals surface area (Å²) in [4.78, 5) is 12.4. The summed E-state index contributed by atoms with van der Waals surface area (Å²) in [5.41, 5.74) is 2.03. The number of hydrogen-bond acceptors (Lipinski definition) is 2. The van der Waals surface area contributed by atoms with Crippen molar-refractivity contribution in [2.24, 2.45) is 0 Å². The number of anilines is 1. The Morgan fingerprint density at radius 3 is 2.45 bits per heavy atom. The molecule has 0 aliphatic heterocycles.